The number of carbonyl (C=O) groups is 4. The quantitative estimate of drug-likeness (QED) is 0.536. The van der Waals surface area contributed by atoms with E-state index < -0.39 is 35.9 Å². The van der Waals surface area contributed by atoms with E-state index in [9.17, 15) is 19.2 Å². The van der Waals surface area contributed by atoms with Crippen molar-refractivity contribution in [3.05, 3.63) is 30.1 Å². The van der Waals surface area contributed by atoms with Crippen LogP contribution in [0.15, 0.2) is 24.4 Å². The van der Waals surface area contributed by atoms with Crippen molar-refractivity contribution in [1.29, 1.82) is 0 Å². The molecule has 1 fully saturated rings. The zero-order valence-corrected chi connectivity index (χ0v) is 13.4. The molecule has 0 unspecified atom stereocenters. The van der Waals surface area contributed by atoms with Crippen LogP contribution in [-0.2, 0) is 24.7 Å². The van der Waals surface area contributed by atoms with E-state index in [0.29, 0.717) is 5.69 Å². The van der Waals surface area contributed by atoms with Gasteiger partial charge in [-0.1, -0.05) is 6.07 Å². The number of pyridine rings is 1. The average molecular weight is 334 g/mol. The van der Waals surface area contributed by atoms with E-state index in [1.807, 2.05) is 0 Å². The SMILES string of the molecule is COC(=O)CCNC(=O)CN1C(=O)N[C@@](C)(c2ccccn2)C1=O. The van der Waals surface area contributed by atoms with E-state index in [0.717, 1.165) is 4.90 Å². The first-order valence-corrected chi connectivity index (χ1v) is 7.27. The van der Waals surface area contributed by atoms with Crippen molar-refractivity contribution in [3.63, 3.8) is 0 Å². The van der Waals surface area contributed by atoms with Crippen LogP contribution >= 0.6 is 0 Å². The topological polar surface area (TPSA) is 118 Å². The summed E-state index contributed by atoms with van der Waals surface area (Å²) >= 11 is 0. The normalized spacial score (nSPS) is 19.8. The molecule has 9 nitrogen and oxygen atoms in total. The van der Waals surface area contributed by atoms with E-state index in [2.05, 4.69) is 20.4 Å². The number of urea groups is 1. The minimum Gasteiger partial charge on any atom is -0.469 e. The predicted octanol–water partition coefficient (Wildman–Crippen LogP) is -0.472. The van der Waals surface area contributed by atoms with Crippen molar-refractivity contribution in [2.45, 2.75) is 18.9 Å². The number of amides is 4. The molecule has 0 bridgehead atoms. The minimum atomic E-state index is -1.31. The maximum Gasteiger partial charge on any atom is 0.325 e. The lowest BCUT2D eigenvalue weighted by molar-refractivity contribution is -0.140. The Morgan fingerprint density at radius 3 is 2.75 bits per heavy atom. The van der Waals surface area contributed by atoms with Gasteiger partial charge in [0.25, 0.3) is 5.91 Å². The lowest BCUT2D eigenvalue weighted by Gasteiger charge is -2.20. The summed E-state index contributed by atoms with van der Waals surface area (Å²) in [5, 5.41) is 5.01. The second-order valence-corrected chi connectivity index (χ2v) is 5.34. The molecule has 0 aromatic carbocycles. The van der Waals surface area contributed by atoms with Gasteiger partial charge in [-0.15, -0.1) is 0 Å². The standard InChI is InChI=1S/C15H18N4O5/c1-15(10-5-3-4-7-16-10)13(22)19(14(23)18-15)9-11(20)17-8-6-12(21)24-2/h3-5,7H,6,8-9H2,1-2H3,(H,17,20)(H,18,23)/t15-/m0/s1. The first-order chi connectivity index (χ1) is 11.4. The number of nitrogens with zero attached hydrogens (tertiary/aromatic N) is 2. The Morgan fingerprint density at radius 2 is 2.12 bits per heavy atom. The van der Waals surface area contributed by atoms with Crippen LogP contribution in [0.2, 0.25) is 0 Å². The smallest absolute Gasteiger partial charge is 0.325 e. The number of aromatic nitrogens is 1. The van der Waals surface area contributed by atoms with Crippen molar-refractivity contribution in [2.24, 2.45) is 0 Å². The van der Waals surface area contributed by atoms with Crippen LogP contribution in [0.1, 0.15) is 19.0 Å². The van der Waals surface area contributed by atoms with E-state index in [4.69, 9.17) is 0 Å². The largest absolute Gasteiger partial charge is 0.469 e. The molecular formula is C15H18N4O5. The highest BCUT2D eigenvalue weighted by Gasteiger charge is 2.50. The van der Waals surface area contributed by atoms with Gasteiger partial charge in [0, 0.05) is 12.7 Å². The number of methoxy groups -OCH3 is 1. The third-order valence-electron chi connectivity index (χ3n) is 3.63. The molecule has 0 spiro atoms. The number of imide groups is 1. The first-order valence-electron chi connectivity index (χ1n) is 7.27. The van der Waals surface area contributed by atoms with Crippen LogP contribution in [-0.4, -0.2) is 53.9 Å². The second kappa shape index (κ2) is 7.07. The summed E-state index contributed by atoms with van der Waals surface area (Å²) < 4.78 is 4.45. The second-order valence-electron chi connectivity index (χ2n) is 5.34. The molecule has 1 aromatic rings. The lowest BCUT2D eigenvalue weighted by atomic mass is 9.97. The zero-order valence-electron chi connectivity index (χ0n) is 13.4. The van der Waals surface area contributed by atoms with Crippen molar-refractivity contribution < 1.29 is 23.9 Å². The van der Waals surface area contributed by atoms with Gasteiger partial charge < -0.3 is 15.4 Å². The molecule has 4 amide bonds. The van der Waals surface area contributed by atoms with Gasteiger partial charge in [0.2, 0.25) is 5.91 Å². The first kappa shape index (κ1) is 17.4. The number of nitrogens with one attached hydrogen (secondary N) is 2. The fourth-order valence-electron chi connectivity index (χ4n) is 2.28. The van der Waals surface area contributed by atoms with Gasteiger partial charge in [0.15, 0.2) is 5.54 Å². The summed E-state index contributed by atoms with van der Waals surface area (Å²) in [5.41, 5.74) is -0.929. The molecule has 128 valence electrons. The lowest BCUT2D eigenvalue weighted by Crippen LogP contribution is -2.43. The van der Waals surface area contributed by atoms with Crippen LogP contribution in [0.4, 0.5) is 4.79 Å². The average Bonchev–Trinajstić information content (AvgIpc) is 2.79. The van der Waals surface area contributed by atoms with Crippen LogP contribution in [0.5, 0.6) is 0 Å². The maximum atomic E-state index is 12.6. The van der Waals surface area contributed by atoms with Crippen molar-refractivity contribution >= 4 is 23.8 Å². The molecule has 2 rings (SSSR count). The van der Waals surface area contributed by atoms with Gasteiger partial charge in [-0.2, -0.15) is 0 Å². The summed E-state index contributed by atoms with van der Waals surface area (Å²) in [6.45, 7) is 1.16. The Bertz CT molecular complexity index is 663. The molecule has 9 heteroatoms. The monoisotopic (exact) mass is 334 g/mol. The molecule has 1 atom stereocenters. The van der Waals surface area contributed by atoms with Gasteiger partial charge in [0.1, 0.15) is 6.54 Å². The molecule has 2 N–H and O–H groups in total. The van der Waals surface area contributed by atoms with Crippen molar-refractivity contribution in [3.8, 4) is 0 Å². The van der Waals surface area contributed by atoms with E-state index in [-0.39, 0.29) is 13.0 Å². The van der Waals surface area contributed by atoms with Gasteiger partial charge in [0.05, 0.1) is 19.2 Å². The molecule has 1 aliphatic rings. The fourth-order valence-corrected chi connectivity index (χ4v) is 2.28. The molecule has 1 aromatic heterocycles. The van der Waals surface area contributed by atoms with Crippen LogP contribution < -0.4 is 10.6 Å². The van der Waals surface area contributed by atoms with Gasteiger partial charge in [-0.05, 0) is 19.1 Å². The highest BCUT2D eigenvalue weighted by molar-refractivity contribution is 6.08. The molecule has 0 aliphatic carbocycles. The van der Waals surface area contributed by atoms with Gasteiger partial charge >= 0.3 is 12.0 Å². The van der Waals surface area contributed by atoms with E-state index >= 15 is 0 Å². The summed E-state index contributed by atoms with van der Waals surface area (Å²) in [5.74, 6) is -1.57. The van der Waals surface area contributed by atoms with Gasteiger partial charge in [-0.25, -0.2) is 4.79 Å². The highest BCUT2D eigenvalue weighted by atomic mass is 16.5. The summed E-state index contributed by atoms with van der Waals surface area (Å²) in [7, 11) is 1.25. The van der Waals surface area contributed by atoms with Crippen LogP contribution in [0.25, 0.3) is 0 Å². The Hall–Kier alpha value is -2.97. The summed E-state index contributed by atoms with van der Waals surface area (Å²) in [4.78, 5) is 52.3. The number of rotatable bonds is 6. The zero-order chi connectivity index (χ0) is 17.7. The Balaban J connectivity index is 1.99. The molecule has 1 saturated heterocycles. The number of carbonyl (C=O) groups excluding carboxylic acids is 4. The molecule has 0 saturated carbocycles. The Kier molecular flexibility index (Phi) is 5.12. The van der Waals surface area contributed by atoms with Crippen LogP contribution in [0, 0.1) is 0 Å². The molecular weight excluding hydrogens is 316 g/mol. The predicted molar refractivity (Wildman–Crippen MR) is 81.5 cm³/mol. The number of ether oxygens (including phenoxy) is 1. The molecule has 1 aliphatic heterocycles. The van der Waals surface area contributed by atoms with Crippen molar-refractivity contribution in [2.75, 3.05) is 20.2 Å². The summed E-state index contributed by atoms with van der Waals surface area (Å²) in [6.07, 6.45) is 1.52. The number of hydrogen-bond acceptors (Lipinski definition) is 6. The highest BCUT2D eigenvalue weighted by Crippen LogP contribution is 2.26. The number of hydrogen-bond donors (Lipinski definition) is 2. The molecule has 2 heterocycles. The third-order valence-corrected chi connectivity index (χ3v) is 3.63. The van der Waals surface area contributed by atoms with Gasteiger partial charge in [-0.3, -0.25) is 24.3 Å². The van der Waals surface area contributed by atoms with E-state index in [1.54, 1.807) is 18.2 Å². The Labute approximate surface area is 138 Å². The maximum absolute atomic E-state index is 12.6. The molecule has 0 radical (unpaired) electrons. The minimum absolute atomic E-state index is 0.00797. The van der Waals surface area contributed by atoms with E-state index in [1.165, 1.54) is 20.2 Å². The number of esters is 1. The van der Waals surface area contributed by atoms with Crippen LogP contribution in [0.3, 0.4) is 0 Å². The summed E-state index contributed by atoms with van der Waals surface area (Å²) in [6, 6.07) is 4.35. The Morgan fingerprint density at radius 1 is 1.38 bits per heavy atom. The fraction of sp³-hybridized carbons (Fsp3) is 0.400. The van der Waals surface area contributed by atoms with Crippen molar-refractivity contribution in [1.82, 2.24) is 20.5 Å². The molecule has 24 heavy (non-hydrogen) atoms. The third kappa shape index (κ3) is 3.50.